The maximum absolute atomic E-state index is 12.5. The third-order valence-electron chi connectivity index (χ3n) is 4.89. The fraction of sp³-hybridized carbons (Fsp3) is 0.474. The number of imide groups is 1. The van der Waals surface area contributed by atoms with Crippen LogP contribution in [-0.4, -0.2) is 71.8 Å². The number of piperazine rings is 1. The van der Waals surface area contributed by atoms with Crippen molar-refractivity contribution in [3.05, 3.63) is 29.8 Å². The van der Waals surface area contributed by atoms with Crippen LogP contribution in [0.2, 0.25) is 0 Å². The Morgan fingerprint density at radius 3 is 2.11 bits per heavy atom. The van der Waals surface area contributed by atoms with E-state index < -0.39 is 17.6 Å². The number of rotatable bonds is 4. The lowest BCUT2D eigenvalue weighted by molar-refractivity contribution is -0.140. The van der Waals surface area contributed by atoms with Crippen molar-refractivity contribution in [2.45, 2.75) is 26.4 Å². The summed E-state index contributed by atoms with van der Waals surface area (Å²) in [5.74, 6) is -0.746. The van der Waals surface area contributed by atoms with Crippen molar-refractivity contribution in [2.75, 3.05) is 37.6 Å². The third kappa shape index (κ3) is 3.79. The highest BCUT2D eigenvalue weighted by molar-refractivity contribution is 6.04. The number of amides is 3. The minimum absolute atomic E-state index is 0.0233. The summed E-state index contributed by atoms with van der Waals surface area (Å²) in [4.78, 5) is 52.5. The predicted octanol–water partition coefficient (Wildman–Crippen LogP) is 1.30. The number of Topliss-reactive ketones (excluding diaryl/α,β-unsaturated/α-hetero) is 1. The van der Waals surface area contributed by atoms with Gasteiger partial charge < -0.3 is 14.5 Å². The standard InChI is InChI=1S/C19H23N3O5/c1-13(23)14-4-6-15(7-5-14)20-8-10-21(11-9-20)16(24)12-22-17(25)19(2,3)27-18(22)26/h4-7H,8-12H2,1-3H3. The highest BCUT2D eigenvalue weighted by atomic mass is 16.6. The van der Waals surface area contributed by atoms with E-state index in [0.717, 1.165) is 10.6 Å². The van der Waals surface area contributed by atoms with Crippen molar-refractivity contribution < 1.29 is 23.9 Å². The Bertz CT molecular complexity index is 779. The molecule has 2 fully saturated rings. The Hall–Kier alpha value is -2.90. The Morgan fingerprint density at radius 2 is 1.63 bits per heavy atom. The zero-order valence-electron chi connectivity index (χ0n) is 15.7. The van der Waals surface area contributed by atoms with Gasteiger partial charge in [0.25, 0.3) is 5.91 Å². The molecule has 3 amide bonds. The molecular weight excluding hydrogens is 350 g/mol. The largest absolute Gasteiger partial charge is 0.433 e. The predicted molar refractivity (Wildman–Crippen MR) is 97.5 cm³/mol. The second-order valence-electron chi connectivity index (χ2n) is 7.24. The van der Waals surface area contributed by atoms with Crippen LogP contribution >= 0.6 is 0 Å². The number of nitrogens with zero attached hydrogens (tertiary/aromatic N) is 3. The first-order valence-corrected chi connectivity index (χ1v) is 8.88. The Morgan fingerprint density at radius 1 is 1.04 bits per heavy atom. The number of cyclic esters (lactones) is 1. The smallest absolute Gasteiger partial charge is 0.418 e. The van der Waals surface area contributed by atoms with Crippen LogP contribution in [0.5, 0.6) is 0 Å². The maximum atomic E-state index is 12.5. The van der Waals surface area contributed by atoms with Crippen molar-refractivity contribution >= 4 is 29.4 Å². The number of hydrogen-bond acceptors (Lipinski definition) is 6. The van der Waals surface area contributed by atoms with Gasteiger partial charge in [0.15, 0.2) is 11.4 Å². The summed E-state index contributed by atoms with van der Waals surface area (Å²) in [7, 11) is 0. The van der Waals surface area contributed by atoms with E-state index in [-0.39, 0.29) is 18.2 Å². The molecule has 0 unspecified atom stereocenters. The summed E-state index contributed by atoms with van der Waals surface area (Å²) >= 11 is 0. The average molecular weight is 373 g/mol. The molecule has 8 nitrogen and oxygen atoms in total. The van der Waals surface area contributed by atoms with E-state index in [1.165, 1.54) is 20.8 Å². The van der Waals surface area contributed by atoms with E-state index in [1.54, 1.807) is 17.0 Å². The van der Waals surface area contributed by atoms with Gasteiger partial charge in [-0.15, -0.1) is 0 Å². The molecule has 1 aromatic rings. The van der Waals surface area contributed by atoms with Crippen molar-refractivity contribution in [3.8, 4) is 0 Å². The van der Waals surface area contributed by atoms with E-state index in [4.69, 9.17) is 4.74 Å². The number of ether oxygens (including phenoxy) is 1. The van der Waals surface area contributed by atoms with Crippen molar-refractivity contribution in [1.82, 2.24) is 9.80 Å². The molecule has 0 spiro atoms. The quantitative estimate of drug-likeness (QED) is 0.740. The highest BCUT2D eigenvalue weighted by Crippen LogP contribution is 2.23. The lowest BCUT2D eigenvalue weighted by atomic mass is 10.1. The summed E-state index contributed by atoms with van der Waals surface area (Å²) in [6.45, 7) is 6.50. The summed E-state index contributed by atoms with van der Waals surface area (Å²) in [6.07, 6.45) is -0.775. The molecule has 0 aromatic heterocycles. The number of carbonyl (C=O) groups excluding carboxylic acids is 4. The zero-order chi connectivity index (χ0) is 19.8. The summed E-state index contributed by atoms with van der Waals surface area (Å²) in [5.41, 5.74) is 0.437. The number of anilines is 1. The molecule has 144 valence electrons. The SMILES string of the molecule is CC(=O)c1ccc(N2CCN(C(=O)CN3C(=O)OC(C)(C)C3=O)CC2)cc1. The van der Waals surface area contributed by atoms with Gasteiger partial charge in [-0.2, -0.15) is 0 Å². The van der Waals surface area contributed by atoms with Gasteiger partial charge in [0, 0.05) is 37.4 Å². The van der Waals surface area contributed by atoms with Gasteiger partial charge in [-0.05, 0) is 45.0 Å². The monoisotopic (exact) mass is 373 g/mol. The fourth-order valence-corrected chi connectivity index (χ4v) is 3.22. The van der Waals surface area contributed by atoms with E-state index in [2.05, 4.69) is 4.90 Å². The second-order valence-corrected chi connectivity index (χ2v) is 7.24. The second kappa shape index (κ2) is 7.02. The molecule has 0 radical (unpaired) electrons. The minimum atomic E-state index is -1.22. The normalized spacial score (nSPS) is 19.3. The molecule has 3 rings (SSSR count). The first-order chi connectivity index (χ1) is 12.7. The first-order valence-electron chi connectivity index (χ1n) is 8.88. The van der Waals surface area contributed by atoms with Crippen molar-refractivity contribution in [1.29, 1.82) is 0 Å². The molecule has 8 heteroatoms. The number of benzene rings is 1. The molecular formula is C19H23N3O5. The van der Waals surface area contributed by atoms with Gasteiger partial charge in [-0.25, -0.2) is 9.69 Å². The molecule has 0 atom stereocenters. The van der Waals surface area contributed by atoms with E-state index >= 15 is 0 Å². The number of ketones is 1. The summed E-state index contributed by atoms with van der Waals surface area (Å²) in [6, 6.07) is 7.38. The molecule has 1 aromatic carbocycles. The van der Waals surface area contributed by atoms with Gasteiger partial charge in [0.05, 0.1) is 0 Å². The van der Waals surface area contributed by atoms with Crippen LogP contribution in [0.15, 0.2) is 24.3 Å². The molecule has 0 N–H and O–H groups in total. The van der Waals surface area contributed by atoms with Crippen LogP contribution in [0.4, 0.5) is 10.5 Å². The molecule has 0 saturated carbocycles. The van der Waals surface area contributed by atoms with E-state index in [9.17, 15) is 19.2 Å². The summed E-state index contributed by atoms with van der Waals surface area (Å²) in [5, 5.41) is 0. The lowest BCUT2D eigenvalue weighted by Crippen LogP contribution is -2.52. The molecule has 2 heterocycles. The number of hydrogen-bond donors (Lipinski definition) is 0. The van der Waals surface area contributed by atoms with Crippen LogP contribution in [-0.2, 0) is 14.3 Å². The highest BCUT2D eigenvalue weighted by Gasteiger charge is 2.48. The fourth-order valence-electron chi connectivity index (χ4n) is 3.22. The average Bonchev–Trinajstić information content (AvgIpc) is 2.83. The van der Waals surface area contributed by atoms with Crippen LogP contribution in [0, 0.1) is 0 Å². The molecule has 0 bridgehead atoms. The summed E-state index contributed by atoms with van der Waals surface area (Å²) < 4.78 is 5.00. The Kier molecular flexibility index (Phi) is 4.91. The van der Waals surface area contributed by atoms with Crippen molar-refractivity contribution in [2.24, 2.45) is 0 Å². The maximum Gasteiger partial charge on any atom is 0.418 e. The van der Waals surface area contributed by atoms with Crippen LogP contribution < -0.4 is 4.90 Å². The first kappa shape index (κ1) is 18.9. The third-order valence-corrected chi connectivity index (χ3v) is 4.89. The van der Waals surface area contributed by atoms with Crippen molar-refractivity contribution in [3.63, 3.8) is 0 Å². The lowest BCUT2D eigenvalue weighted by Gasteiger charge is -2.36. The van der Waals surface area contributed by atoms with Crippen LogP contribution in [0.3, 0.4) is 0 Å². The van der Waals surface area contributed by atoms with Gasteiger partial charge in [-0.1, -0.05) is 0 Å². The van der Waals surface area contributed by atoms with Gasteiger partial charge >= 0.3 is 6.09 Å². The van der Waals surface area contributed by atoms with Gasteiger partial charge in [-0.3, -0.25) is 14.4 Å². The van der Waals surface area contributed by atoms with Crippen LogP contribution in [0.1, 0.15) is 31.1 Å². The van der Waals surface area contributed by atoms with E-state index in [0.29, 0.717) is 31.7 Å². The molecule has 0 aliphatic carbocycles. The minimum Gasteiger partial charge on any atom is -0.433 e. The number of carbonyl (C=O) groups is 4. The zero-order valence-corrected chi connectivity index (χ0v) is 15.7. The molecule has 2 saturated heterocycles. The topological polar surface area (TPSA) is 87.2 Å². The molecule has 2 aliphatic heterocycles. The van der Waals surface area contributed by atoms with Gasteiger partial charge in [0.2, 0.25) is 5.91 Å². The van der Waals surface area contributed by atoms with E-state index in [1.807, 2.05) is 12.1 Å². The van der Waals surface area contributed by atoms with Crippen LogP contribution in [0.25, 0.3) is 0 Å². The Balaban J connectivity index is 1.56. The molecule has 2 aliphatic rings. The Labute approximate surface area is 157 Å². The molecule has 27 heavy (non-hydrogen) atoms. The van der Waals surface area contributed by atoms with Gasteiger partial charge in [0.1, 0.15) is 6.54 Å².